The summed E-state index contributed by atoms with van der Waals surface area (Å²) in [6, 6.07) is 9.96. The highest BCUT2D eigenvalue weighted by Gasteiger charge is 2.39. The van der Waals surface area contributed by atoms with E-state index in [1.165, 1.54) is 5.56 Å². The molecule has 3 aromatic heterocycles. The number of nitrogens with two attached hydrogens (primary N) is 1. The van der Waals surface area contributed by atoms with Gasteiger partial charge in [-0.1, -0.05) is 0 Å². The number of aryl methyl sites for hydroxylation is 2. The van der Waals surface area contributed by atoms with Crippen LogP contribution in [-0.4, -0.2) is 22.4 Å². The summed E-state index contributed by atoms with van der Waals surface area (Å²) in [5.74, 6) is -0.336. The Kier molecular flexibility index (Phi) is 6.32. The number of nitrogens with zero attached hydrogens (tertiary/aromatic N) is 2. The highest BCUT2D eigenvalue weighted by Crippen LogP contribution is 2.33. The minimum Gasteiger partial charge on any atom is -0.368 e. The van der Waals surface area contributed by atoms with E-state index in [4.69, 9.17) is 5.73 Å². The predicted octanol–water partition coefficient (Wildman–Crippen LogP) is 2.99. The quantitative estimate of drug-likeness (QED) is 0.598. The Morgan fingerprint density at radius 1 is 1.04 bits per heavy atom. The molecular weight excluding hydrogens is 356 g/mol. The van der Waals surface area contributed by atoms with Gasteiger partial charge in [-0.05, 0) is 78.6 Å². The van der Waals surface area contributed by atoms with Gasteiger partial charge in [0.15, 0.2) is 0 Å². The summed E-state index contributed by atoms with van der Waals surface area (Å²) in [4.78, 5) is 21.8. The molecule has 1 atom stereocenters. The Labute approximate surface area is 163 Å². The van der Waals surface area contributed by atoms with Gasteiger partial charge in [0.1, 0.15) is 5.54 Å². The van der Waals surface area contributed by atoms with E-state index >= 15 is 0 Å². The maximum Gasteiger partial charge on any atom is 0.243 e. The number of pyridine rings is 2. The lowest BCUT2D eigenvalue weighted by Crippen LogP contribution is -2.53. The molecular formula is C21H24N4OS. The third-order valence-electron chi connectivity index (χ3n) is 4.80. The van der Waals surface area contributed by atoms with Crippen LogP contribution in [0.5, 0.6) is 0 Å². The SMILES string of the molecule is Cc1ccsc1C(CCc1ccncc1)(NCCc1ccncc1)C(N)=O. The number of hydrogen-bond donors (Lipinski definition) is 2. The van der Waals surface area contributed by atoms with Crippen molar-refractivity contribution in [2.45, 2.75) is 31.7 Å². The molecule has 1 amide bonds. The second-order valence-corrected chi connectivity index (χ2v) is 7.51. The summed E-state index contributed by atoms with van der Waals surface area (Å²) in [5.41, 5.74) is 8.48. The third kappa shape index (κ3) is 4.59. The number of primary amides is 1. The van der Waals surface area contributed by atoms with E-state index in [1.54, 1.807) is 36.1 Å². The van der Waals surface area contributed by atoms with Crippen molar-refractivity contribution >= 4 is 17.2 Å². The summed E-state index contributed by atoms with van der Waals surface area (Å²) < 4.78 is 0. The van der Waals surface area contributed by atoms with Crippen LogP contribution in [0.1, 0.15) is 28.0 Å². The molecule has 3 rings (SSSR count). The van der Waals surface area contributed by atoms with E-state index in [0.29, 0.717) is 13.0 Å². The molecule has 5 nitrogen and oxygen atoms in total. The van der Waals surface area contributed by atoms with Gasteiger partial charge in [-0.15, -0.1) is 11.3 Å². The van der Waals surface area contributed by atoms with Crippen LogP contribution < -0.4 is 11.1 Å². The van der Waals surface area contributed by atoms with Gasteiger partial charge in [0.25, 0.3) is 0 Å². The third-order valence-corrected chi connectivity index (χ3v) is 5.98. The first-order chi connectivity index (χ1) is 13.1. The Morgan fingerprint density at radius 3 is 2.15 bits per heavy atom. The zero-order chi connectivity index (χ0) is 19.1. The lowest BCUT2D eigenvalue weighted by Gasteiger charge is -2.32. The minimum absolute atomic E-state index is 0.336. The largest absolute Gasteiger partial charge is 0.368 e. The van der Waals surface area contributed by atoms with Crippen molar-refractivity contribution in [2.75, 3.05) is 6.54 Å². The molecule has 0 aromatic carbocycles. The van der Waals surface area contributed by atoms with E-state index in [2.05, 4.69) is 15.3 Å². The van der Waals surface area contributed by atoms with Crippen molar-refractivity contribution < 1.29 is 4.79 Å². The number of carbonyl (C=O) groups excluding carboxylic acids is 1. The number of rotatable bonds is 9. The molecule has 0 aliphatic rings. The summed E-state index contributed by atoms with van der Waals surface area (Å²) >= 11 is 1.58. The zero-order valence-electron chi connectivity index (χ0n) is 15.4. The van der Waals surface area contributed by atoms with Gasteiger partial charge in [0, 0.05) is 36.2 Å². The monoisotopic (exact) mass is 380 g/mol. The van der Waals surface area contributed by atoms with E-state index in [1.807, 2.05) is 42.6 Å². The van der Waals surface area contributed by atoms with Crippen molar-refractivity contribution in [3.63, 3.8) is 0 Å². The number of nitrogens with one attached hydrogen (secondary N) is 1. The second-order valence-electron chi connectivity index (χ2n) is 6.59. The van der Waals surface area contributed by atoms with Gasteiger partial charge in [-0.25, -0.2) is 0 Å². The lowest BCUT2D eigenvalue weighted by molar-refractivity contribution is -0.125. The molecule has 0 aliphatic heterocycles. The van der Waals surface area contributed by atoms with Gasteiger partial charge in [-0.3, -0.25) is 20.1 Å². The first-order valence-electron chi connectivity index (χ1n) is 8.99. The molecule has 0 bridgehead atoms. The smallest absolute Gasteiger partial charge is 0.243 e. The van der Waals surface area contributed by atoms with Crippen LogP contribution in [-0.2, 0) is 23.2 Å². The Bertz CT molecular complexity index is 866. The van der Waals surface area contributed by atoms with Crippen LogP contribution in [0.25, 0.3) is 0 Å². The van der Waals surface area contributed by atoms with Gasteiger partial charge in [0.05, 0.1) is 0 Å². The van der Waals surface area contributed by atoms with E-state index in [-0.39, 0.29) is 5.91 Å². The van der Waals surface area contributed by atoms with Crippen LogP contribution in [0.2, 0.25) is 0 Å². The van der Waals surface area contributed by atoms with Crippen molar-refractivity contribution in [1.82, 2.24) is 15.3 Å². The molecule has 0 spiro atoms. The molecule has 0 saturated carbocycles. The molecule has 3 heterocycles. The fraction of sp³-hybridized carbons (Fsp3) is 0.286. The van der Waals surface area contributed by atoms with Crippen molar-refractivity contribution in [2.24, 2.45) is 5.73 Å². The molecule has 0 aliphatic carbocycles. The molecule has 27 heavy (non-hydrogen) atoms. The van der Waals surface area contributed by atoms with Crippen molar-refractivity contribution in [1.29, 1.82) is 0 Å². The minimum atomic E-state index is -0.880. The summed E-state index contributed by atoms with van der Waals surface area (Å²) in [5, 5.41) is 5.51. The lowest BCUT2D eigenvalue weighted by atomic mass is 9.87. The number of carbonyl (C=O) groups is 1. The maximum absolute atomic E-state index is 12.7. The number of amides is 1. The standard InChI is InChI=1S/C21H24N4OS/c1-16-8-15-27-19(16)21(20(22)26,9-2-17-3-10-23-11-4-17)25-14-7-18-5-12-24-13-6-18/h3-6,8,10-13,15,25H,2,7,9,14H2,1H3,(H2,22,26). The second kappa shape index (κ2) is 8.88. The highest BCUT2D eigenvalue weighted by atomic mass is 32.1. The van der Waals surface area contributed by atoms with Crippen LogP contribution in [0, 0.1) is 6.92 Å². The van der Waals surface area contributed by atoms with E-state index in [0.717, 1.165) is 28.8 Å². The molecule has 140 valence electrons. The maximum atomic E-state index is 12.7. The number of hydrogen-bond acceptors (Lipinski definition) is 5. The van der Waals surface area contributed by atoms with Gasteiger partial charge >= 0.3 is 0 Å². The Morgan fingerprint density at radius 2 is 1.63 bits per heavy atom. The zero-order valence-corrected chi connectivity index (χ0v) is 16.2. The molecule has 3 aromatic rings. The fourth-order valence-electron chi connectivity index (χ4n) is 3.27. The van der Waals surface area contributed by atoms with E-state index < -0.39 is 5.54 Å². The van der Waals surface area contributed by atoms with Crippen molar-refractivity contribution in [3.05, 3.63) is 82.1 Å². The van der Waals surface area contributed by atoms with E-state index in [9.17, 15) is 4.79 Å². The van der Waals surface area contributed by atoms with Crippen molar-refractivity contribution in [3.8, 4) is 0 Å². The molecule has 0 radical (unpaired) electrons. The van der Waals surface area contributed by atoms with Crippen LogP contribution in [0.3, 0.4) is 0 Å². The topological polar surface area (TPSA) is 80.9 Å². The molecule has 1 unspecified atom stereocenters. The average molecular weight is 381 g/mol. The van der Waals surface area contributed by atoms with Crippen LogP contribution in [0.15, 0.2) is 60.5 Å². The van der Waals surface area contributed by atoms with Crippen LogP contribution in [0.4, 0.5) is 0 Å². The molecule has 6 heteroatoms. The van der Waals surface area contributed by atoms with Crippen LogP contribution >= 0.6 is 11.3 Å². The Balaban J connectivity index is 1.82. The first-order valence-corrected chi connectivity index (χ1v) is 9.87. The molecule has 3 N–H and O–H groups in total. The number of aromatic nitrogens is 2. The summed E-state index contributed by atoms with van der Waals surface area (Å²) in [6.45, 7) is 2.68. The predicted molar refractivity (Wildman–Crippen MR) is 108 cm³/mol. The van der Waals surface area contributed by atoms with Gasteiger partial charge in [-0.2, -0.15) is 0 Å². The fourth-order valence-corrected chi connectivity index (χ4v) is 4.40. The molecule has 0 fully saturated rings. The summed E-state index contributed by atoms with van der Waals surface area (Å²) in [7, 11) is 0. The highest BCUT2D eigenvalue weighted by molar-refractivity contribution is 7.10. The average Bonchev–Trinajstić information content (AvgIpc) is 3.12. The molecule has 0 saturated heterocycles. The number of thiophene rings is 1. The summed E-state index contributed by atoms with van der Waals surface area (Å²) in [6.07, 6.45) is 9.25. The van der Waals surface area contributed by atoms with Gasteiger partial charge in [0.2, 0.25) is 5.91 Å². The normalized spacial score (nSPS) is 13.2. The van der Waals surface area contributed by atoms with Gasteiger partial charge < -0.3 is 5.73 Å². The first kappa shape index (κ1) is 19.2. The Hall–Kier alpha value is -2.57.